The van der Waals surface area contributed by atoms with Crippen LogP contribution in [0, 0.1) is 17.7 Å². The topological polar surface area (TPSA) is 28.5 Å². The van der Waals surface area contributed by atoms with Gasteiger partial charge in [-0.15, -0.1) is 0 Å². The molecule has 0 saturated carbocycles. The average Bonchev–Trinajstić information content (AvgIpc) is 3.39. The number of carbonyl (C=O) groups excluding carboxylic acids is 1. The van der Waals surface area contributed by atoms with Crippen LogP contribution in [-0.2, 0) is 13.6 Å². The fourth-order valence-corrected chi connectivity index (χ4v) is 4.98. The van der Waals surface area contributed by atoms with Crippen molar-refractivity contribution in [1.82, 2.24) is 14.4 Å². The highest BCUT2D eigenvalue weighted by molar-refractivity contribution is 5.94. The number of likely N-dealkylation sites (tertiary alicyclic amines) is 1. The van der Waals surface area contributed by atoms with Crippen molar-refractivity contribution in [3.8, 4) is 0 Å². The Kier molecular flexibility index (Phi) is 7.29. The predicted octanol–water partition coefficient (Wildman–Crippen LogP) is 5.18. The van der Waals surface area contributed by atoms with E-state index in [1.54, 1.807) is 12.1 Å². The first kappa shape index (κ1) is 23.2. The second kappa shape index (κ2) is 10.3. The summed E-state index contributed by atoms with van der Waals surface area (Å²) in [7, 11) is 2.07. The van der Waals surface area contributed by atoms with Gasteiger partial charge in [0, 0.05) is 63.1 Å². The van der Waals surface area contributed by atoms with E-state index < -0.39 is 0 Å². The maximum absolute atomic E-state index is 13.6. The quantitative estimate of drug-likeness (QED) is 0.476. The van der Waals surface area contributed by atoms with E-state index in [9.17, 15) is 9.18 Å². The molecule has 0 aliphatic carbocycles. The van der Waals surface area contributed by atoms with Crippen LogP contribution in [0.5, 0.6) is 0 Å². The Morgan fingerprint density at radius 3 is 2.39 bits per heavy atom. The van der Waals surface area contributed by atoms with Gasteiger partial charge in [-0.1, -0.05) is 44.2 Å². The molecule has 1 amide bonds. The van der Waals surface area contributed by atoms with Crippen LogP contribution in [0.15, 0.2) is 72.9 Å². The predicted molar refractivity (Wildman–Crippen MR) is 131 cm³/mol. The zero-order chi connectivity index (χ0) is 23.4. The van der Waals surface area contributed by atoms with Gasteiger partial charge in [-0.3, -0.25) is 9.69 Å². The van der Waals surface area contributed by atoms with Crippen molar-refractivity contribution in [2.45, 2.75) is 26.3 Å². The Bertz CT molecular complexity index is 1040. The summed E-state index contributed by atoms with van der Waals surface area (Å²) < 4.78 is 15.8. The monoisotopic (exact) mass is 447 g/mol. The maximum atomic E-state index is 13.6. The number of amides is 1. The molecule has 3 aromatic rings. The number of carbonyl (C=O) groups is 1. The molecule has 1 aliphatic heterocycles. The molecule has 1 aromatic heterocycles. The average molecular weight is 448 g/mol. The van der Waals surface area contributed by atoms with Gasteiger partial charge >= 0.3 is 0 Å². The van der Waals surface area contributed by atoms with Crippen LogP contribution in [0.3, 0.4) is 0 Å². The third-order valence-corrected chi connectivity index (χ3v) is 6.60. The van der Waals surface area contributed by atoms with Gasteiger partial charge < -0.3 is 9.47 Å². The van der Waals surface area contributed by atoms with Crippen molar-refractivity contribution < 1.29 is 9.18 Å². The lowest BCUT2D eigenvalue weighted by molar-refractivity contribution is 0.0703. The Balaban J connectivity index is 1.58. The molecule has 1 saturated heterocycles. The van der Waals surface area contributed by atoms with Crippen molar-refractivity contribution in [3.63, 3.8) is 0 Å². The van der Waals surface area contributed by atoms with Crippen LogP contribution in [0.25, 0.3) is 0 Å². The molecule has 0 spiro atoms. The van der Waals surface area contributed by atoms with Gasteiger partial charge in [0.2, 0.25) is 0 Å². The highest BCUT2D eigenvalue weighted by atomic mass is 19.1. The van der Waals surface area contributed by atoms with Gasteiger partial charge in [0.05, 0.1) is 0 Å². The fourth-order valence-electron chi connectivity index (χ4n) is 4.98. The zero-order valence-corrected chi connectivity index (χ0v) is 19.8. The van der Waals surface area contributed by atoms with E-state index in [4.69, 9.17) is 0 Å². The molecule has 33 heavy (non-hydrogen) atoms. The van der Waals surface area contributed by atoms with Crippen molar-refractivity contribution in [1.29, 1.82) is 0 Å². The molecular formula is C28H34FN3O. The second-order valence-corrected chi connectivity index (χ2v) is 9.69. The molecular weight excluding hydrogens is 413 g/mol. The molecule has 0 N–H and O–H groups in total. The molecule has 0 unspecified atom stereocenters. The van der Waals surface area contributed by atoms with Crippen LogP contribution in [-0.4, -0.2) is 46.5 Å². The first-order valence-electron chi connectivity index (χ1n) is 11.8. The van der Waals surface area contributed by atoms with E-state index in [0.717, 1.165) is 37.3 Å². The molecule has 174 valence electrons. The Morgan fingerprint density at radius 1 is 1.03 bits per heavy atom. The van der Waals surface area contributed by atoms with Crippen LogP contribution in [0.2, 0.25) is 0 Å². The highest BCUT2D eigenvalue weighted by Gasteiger charge is 2.36. The third-order valence-electron chi connectivity index (χ3n) is 6.60. The largest absolute Gasteiger partial charge is 0.353 e. The van der Waals surface area contributed by atoms with Gasteiger partial charge in [0.25, 0.3) is 5.91 Å². The summed E-state index contributed by atoms with van der Waals surface area (Å²) >= 11 is 0. The summed E-state index contributed by atoms with van der Waals surface area (Å²) in [6, 6.07) is 20.7. The summed E-state index contributed by atoms with van der Waals surface area (Å²) in [6.07, 6.45) is 2.07. The van der Waals surface area contributed by atoms with Crippen LogP contribution in [0.1, 0.15) is 41.4 Å². The maximum Gasteiger partial charge on any atom is 0.253 e. The second-order valence-electron chi connectivity index (χ2n) is 9.69. The number of aryl methyl sites for hydroxylation is 1. The first-order chi connectivity index (χ1) is 15.9. The number of halogens is 1. The standard InChI is InChI=1S/C28H34FN3O/c1-21(2)16-32(28(33)23-8-5-4-6-9-23)18-24-17-31(19-26-10-7-15-30(26)3)20-27(24)22-11-13-25(29)14-12-22/h4-15,21,24,27H,16-20H2,1-3H3/t24-,27+/m1/s1. The molecule has 2 atom stereocenters. The lowest BCUT2D eigenvalue weighted by atomic mass is 9.88. The number of aromatic nitrogens is 1. The fraction of sp³-hybridized carbons (Fsp3) is 0.393. The molecule has 0 radical (unpaired) electrons. The molecule has 0 bridgehead atoms. The van der Waals surface area contributed by atoms with Gasteiger partial charge in [0.1, 0.15) is 5.82 Å². The Hall–Kier alpha value is -2.92. The van der Waals surface area contributed by atoms with Crippen LogP contribution >= 0.6 is 0 Å². The normalized spacial score (nSPS) is 18.7. The number of nitrogens with zero attached hydrogens (tertiary/aromatic N) is 3. The van der Waals surface area contributed by atoms with Gasteiger partial charge in [-0.25, -0.2) is 4.39 Å². The minimum atomic E-state index is -0.213. The molecule has 1 aliphatic rings. The summed E-state index contributed by atoms with van der Waals surface area (Å²) in [4.78, 5) is 17.9. The molecule has 2 heterocycles. The van der Waals surface area contributed by atoms with Gasteiger partial charge in [-0.2, -0.15) is 0 Å². The number of hydrogen-bond donors (Lipinski definition) is 0. The summed E-state index contributed by atoms with van der Waals surface area (Å²) in [6.45, 7) is 8.39. The Labute approximate surface area is 196 Å². The van der Waals surface area contributed by atoms with Crippen LogP contribution in [0.4, 0.5) is 4.39 Å². The van der Waals surface area contributed by atoms with E-state index in [1.807, 2.05) is 47.4 Å². The van der Waals surface area contributed by atoms with Gasteiger partial charge in [0.15, 0.2) is 0 Å². The summed E-state index contributed by atoms with van der Waals surface area (Å²) in [5.41, 5.74) is 3.15. The molecule has 2 aromatic carbocycles. The molecule has 5 heteroatoms. The molecule has 4 rings (SSSR count). The highest BCUT2D eigenvalue weighted by Crippen LogP contribution is 2.34. The lowest BCUT2D eigenvalue weighted by Crippen LogP contribution is -2.39. The van der Waals surface area contributed by atoms with E-state index >= 15 is 0 Å². The van der Waals surface area contributed by atoms with E-state index in [2.05, 4.69) is 48.7 Å². The summed E-state index contributed by atoms with van der Waals surface area (Å²) in [5, 5.41) is 0. The first-order valence-corrected chi connectivity index (χ1v) is 11.8. The number of benzene rings is 2. The minimum Gasteiger partial charge on any atom is -0.353 e. The SMILES string of the molecule is CC(C)CN(C[C@H]1CN(Cc2cccn2C)C[C@H]1c1ccc(F)cc1)C(=O)c1ccccc1. The minimum absolute atomic E-state index is 0.0861. The molecule has 1 fully saturated rings. The van der Waals surface area contributed by atoms with Crippen LogP contribution < -0.4 is 0 Å². The number of rotatable bonds is 8. The smallest absolute Gasteiger partial charge is 0.253 e. The van der Waals surface area contributed by atoms with E-state index in [1.165, 1.54) is 5.69 Å². The van der Waals surface area contributed by atoms with E-state index in [0.29, 0.717) is 12.5 Å². The van der Waals surface area contributed by atoms with Crippen molar-refractivity contribution in [2.75, 3.05) is 26.2 Å². The van der Waals surface area contributed by atoms with Crippen molar-refractivity contribution >= 4 is 5.91 Å². The number of hydrogen-bond acceptors (Lipinski definition) is 2. The molecule has 4 nitrogen and oxygen atoms in total. The summed E-state index contributed by atoms with van der Waals surface area (Å²) in [5.74, 6) is 0.784. The third kappa shape index (κ3) is 5.72. The zero-order valence-electron chi connectivity index (χ0n) is 19.8. The van der Waals surface area contributed by atoms with Crippen molar-refractivity contribution in [2.24, 2.45) is 18.9 Å². The lowest BCUT2D eigenvalue weighted by Gasteiger charge is -2.30. The van der Waals surface area contributed by atoms with E-state index in [-0.39, 0.29) is 23.6 Å². The van der Waals surface area contributed by atoms with Crippen molar-refractivity contribution in [3.05, 3.63) is 95.6 Å². The van der Waals surface area contributed by atoms with Gasteiger partial charge in [-0.05, 0) is 53.8 Å². The Morgan fingerprint density at radius 2 is 1.76 bits per heavy atom.